The fourth-order valence-electron chi connectivity index (χ4n) is 2.67. The molecule has 0 radical (unpaired) electrons. The largest absolute Gasteiger partial charge is 0.359 e. The smallest absolute Gasteiger partial charge is 0.169 e. The van der Waals surface area contributed by atoms with Gasteiger partial charge in [0.2, 0.25) is 0 Å². The maximum Gasteiger partial charge on any atom is 0.169 e. The van der Waals surface area contributed by atoms with Gasteiger partial charge in [0.25, 0.3) is 0 Å². The summed E-state index contributed by atoms with van der Waals surface area (Å²) in [5.41, 5.74) is 1.98. The maximum atomic E-state index is 5.39. The van der Waals surface area contributed by atoms with Crippen LogP contribution in [-0.2, 0) is 0 Å². The van der Waals surface area contributed by atoms with E-state index in [9.17, 15) is 0 Å². The standard InChI is InChI=1S/C18H21N5S/c1-2-10-19-18(24)23-13-11-22(12-14-23)17-9-8-16(20-21-17)15-6-4-3-5-7-15/h2-9H,1,10-14H2,(H,19,24). The van der Waals surface area contributed by atoms with Crippen LogP contribution in [0.5, 0.6) is 0 Å². The SMILES string of the molecule is C=CCNC(=S)N1CCN(c2ccc(-c3ccccc3)nn2)CC1. The van der Waals surface area contributed by atoms with E-state index in [1.807, 2.05) is 48.5 Å². The molecule has 1 saturated heterocycles. The molecule has 0 spiro atoms. The molecule has 1 aromatic carbocycles. The third kappa shape index (κ3) is 3.89. The highest BCUT2D eigenvalue weighted by molar-refractivity contribution is 7.80. The quantitative estimate of drug-likeness (QED) is 0.681. The van der Waals surface area contributed by atoms with Crippen molar-refractivity contribution in [3.63, 3.8) is 0 Å². The van der Waals surface area contributed by atoms with Crippen LogP contribution in [0.4, 0.5) is 5.82 Å². The van der Waals surface area contributed by atoms with Crippen molar-refractivity contribution in [3.05, 3.63) is 55.1 Å². The molecule has 0 unspecified atom stereocenters. The van der Waals surface area contributed by atoms with E-state index in [0.29, 0.717) is 6.54 Å². The number of hydrogen-bond acceptors (Lipinski definition) is 4. The molecule has 0 amide bonds. The monoisotopic (exact) mass is 339 g/mol. The first kappa shape index (κ1) is 16.4. The second-order valence-corrected chi connectivity index (χ2v) is 5.98. The third-order valence-corrected chi connectivity index (χ3v) is 4.41. The highest BCUT2D eigenvalue weighted by Crippen LogP contribution is 2.19. The molecule has 1 fully saturated rings. The molecule has 2 heterocycles. The highest BCUT2D eigenvalue weighted by Gasteiger charge is 2.19. The molecule has 1 aromatic heterocycles. The van der Waals surface area contributed by atoms with Gasteiger partial charge in [0.05, 0.1) is 5.69 Å². The van der Waals surface area contributed by atoms with Crippen LogP contribution in [0.1, 0.15) is 0 Å². The number of aromatic nitrogens is 2. The van der Waals surface area contributed by atoms with E-state index in [1.165, 1.54) is 0 Å². The van der Waals surface area contributed by atoms with Crippen molar-refractivity contribution in [2.45, 2.75) is 0 Å². The van der Waals surface area contributed by atoms with Crippen molar-refractivity contribution < 1.29 is 0 Å². The summed E-state index contributed by atoms with van der Waals surface area (Å²) in [4.78, 5) is 4.43. The molecule has 6 heteroatoms. The minimum atomic E-state index is 0.700. The van der Waals surface area contributed by atoms with E-state index in [1.54, 1.807) is 0 Å². The highest BCUT2D eigenvalue weighted by atomic mass is 32.1. The summed E-state index contributed by atoms with van der Waals surface area (Å²) in [5, 5.41) is 12.7. The fourth-order valence-corrected chi connectivity index (χ4v) is 2.93. The number of anilines is 1. The summed E-state index contributed by atoms with van der Waals surface area (Å²) < 4.78 is 0. The molecule has 2 aromatic rings. The van der Waals surface area contributed by atoms with Crippen LogP contribution in [0.2, 0.25) is 0 Å². The van der Waals surface area contributed by atoms with Gasteiger partial charge in [0.15, 0.2) is 10.9 Å². The van der Waals surface area contributed by atoms with Crippen LogP contribution in [0, 0.1) is 0 Å². The second kappa shape index (κ2) is 7.88. The molecular formula is C18H21N5S. The van der Waals surface area contributed by atoms with Crippen molar-refractivity contribution in [2.75, 3.05) is 37.6 Å². The minimum Gasteiger partial charge on any atom is -0.359 e. The Morgan fingerprint density at radius 2 is 1.83 bits per heavy atom. The Morgan fingerprint density at radius 3 is 2.46 bits per heavy atom. The molecule has 0 saturated carbocycles. The molecule has 124 valence electrons. The average molecular weight is 339 g/mol. The first-order valence-corrected chi connectivity index (χ1v) is 8.46. The topological polar surface area (TPSA) is 44.3 Å². The number of hydrogen-bond donors (Lipinski definition) is 1. The lowest BCUT2D eigenvalue weighted by Crippen LogP contribution is -2.52. The zero-order chi connectivity index (χ0) is 16.8. The van der Waals surface area contributed by atoms with Gasteiger partial charge in [-0.2, -0.15) is 0 Å². The first-order valence-electron chi connectivity index (χ1n) is 8.05. The number of benzene rings is 1. The first-order chi connectivity index (χ1) is 11.8. The van der Waals surface area contributed by atoms with Crippen LogP contribution in [0.15, 0.2) is 55.1 Å². The fraction of sp³-hybridized carbons (Fsp3) is 0.278. The molecule has 3 rings (SSSR count). The van der Waals surface area contributed by atoms with Gasteiger partial charge in [-0.15, -0.1) is 16.8 Å². The Hall–Kier alpha value is -2.47. The predicted octanol–water partition coefficient (Wildman–Crippen LogP) is 2.33. The van der Waals surface area contributed by atoms with E-state index in [-0.39, 0.29) is 0 Å². The van der Waals surface area contributed by atoms with Crippen LogP contribution in [0.25, 0.3) is 11.3 Å². The van der Waals surface area contributed by atoms with Crippen molar-refractivity contribution in [3.8, 4) is 11.3 Å². The number of rotatable bonds is 4. The van der Waals surface area contributed by atoms with Crippen LogP contribution in [0.3, 0.4) is 0 Å². The average Bonchev–Trinajstić information content (AvgIpc) is 2.67. The molecule has 1 aliphatic heterocycles. The minimum absolute atomic E-state index is 0.700. The number of thiocarbonyl (C=S) groups is 1. The van der Waals surface area contributed by atoms with Gasteiger partial charge in [-0.1, -0.05) is 36.4 Å². The molecule has 5 nitrogen and oxygen atoms in total. The molecular weight excluding hydrogens is 318 g/mol. The lowest BCUT2D eigenvalue weighted by Gasteiger charge is -2.36. The zero-order valence-corrected chi connectivity index (χ0v) is 14.4. The summed E-state index contributed by atoms with van der Waals surface area (Å²) in [6.45, 7) is 7.92. The summed E-state index contributed by atoms with van der Waals surface area (Å²) in [5.74, 6) is 0.916. The van der Waals surface area contributed by atoms with Crippen LogP contribution >= 0.6 is 12.2 Å². The zero-order valence-electron chi connectivity index (χ0n) is 13.6. The Bertz CT molecular complexity index is 678. The van der Waals surface area contributed by atoms with E-state index in [4.69, 9.17) is 12.2 Å². The van der Waals surface area contributed by atoms with Gasteiger partial charge in [-0.05, 0) is 24.4 Å². The van der Waals surface area contributed by atoms with Crippen molar-refractivity contribution in [2.24, 2.45) is 0 Å². The molecule has 1 aliphatic rings. The Kier molecular flexibility index (Phi) is 5.38. The lowest BCUT2D eigenvalue weighted by molar-refractivity contribution is 0.380. The number of nitrogens with zero attached hydrogens (tertiary/aromatic N) is 4. The molecule has 0 atom stereocenters. The van der Waals surface area contributed by atoms with E-state index in [0.717, 1.165) is 48.4 Å². The predicted molar refractivity (Wildman–Crippen MR) is 102 cm³/mol. The lowest BCUT2D eigenvalue weighted by atomic mass is 10.1. The molecule has 0 aliphatic carbocycles. The second-order valence-electron chi connectivity index (χ2n) is 5.59. The summed E-state index contributed by atoms with van der Waals surface area (Å²) in [7, 11) is 0. The van der Waals surface area contributed by atoms with Crippen LogP contribution in [-0.4, -0.2) is 52.9 Å². The van der Waals surface area contributed by atoms with Crippen molar-refractivity contribution >= 4 is 23.1 Å². The number of piperazine rings is 1. The van der Waals surface area contributed by atoms with Crippen molar-refractivity contribution in [1.82, 2.24) is 20.4 Å². The Balaban J connectivity index is 1.59. The Labute approximate surface area is 148 Å². The van der Waals surface area contributed by atoms with Gasteiger partial charge in [-0.25, -0.2) is 0 Å². The van der Waals surface area contributed by atoms with Gasteiger partial charge in [-0.3, -0.25) is 0 Å². The summed E-state index contributed by atoms with van der Waals surface area (Å²) in [6.07, 6.45) is 1.81. The maximum absolute atomic E-state index is 5.39. The van der Waals surface area contributed by atoms with Crippen molar-refractivity contribution in [1.29, 1.82) is 0 Å². The van der Waals surface area contributed by atoms with Crippen LogP contribution < -0.4 is 10.2 Å². The van der Waals surface area contributed by atoms with E-state index < -0.39 is 0 Å². The Morgan fingerprint density at radius 1 is 1.08 bits per heavy atom. The van der Waals surface area contributed by atoms with Gasteiger partial charge < -0.3 is 15.1 Å². The number of nitrogens with one attached hydrogen (secondary N) is 1. The van der Waals surface area contributed by atoms with Gasteiger partial charge in [0, 0.05) is 38.3 Å². The molecule has 0 bridgehead atoms. The van der Waals surface area contributed by atoms with E-state index in [2.05, 4.69) is 31.9 Å². The van der Waals surface area contributed by atoms with E-state index >= 15 is 0 Å². The van der Waals surface area contributed by atoms with Gasteiger partial charge >= 0.3 is 0 Å². The molecule has 1 N–H and O–H groups in total. The molecule has 24 heavy (non-hydrogen) atoms. The van der Waals surface area contributed by atoms with Gasteiger partial charge in [0.1, 0.15) is 0 Å². The third-order valence-electron chi connectivity index (χ3n) is 4.01. The normalized spacial score (nSPS) is 14.3. The summed E-state index contributed by atoms with van der Waals surface area (Å²) >= 11 is 5.39. The summed E-state index contributed by atoms with van der Waals surface area (Å²) in [6, 6.07) is 14.2.